The molecule has 0 atom stereocenters. The molecule has 0 unspecified atom stereocenters. The summed E-state index contributed by atoms with van der Waals surface area (Å²) < 4.78 is 5.67. The molecule has 2 aromatic rings. The standard InChI is InChI=1S/C20H20NO2/c1-13(2)15-5-7-18(8-6-15)21-20(22)17-11-16-10-14(3)4-9-19(16)23-12-17/h4-11H,12H2,1-3H3,(H,21,22). The van der Waals surface area contributed by atoms with Crippen molar-refractivity contribution < 1.29 is 9.53 Å². The minimum atomic E-state index is -0.123. The van der Waals surface area contributed by atoms with Gasteiger partial charge < -0.3 is 10.1 Å². The van der Waals surface area contributed by atoms with Crippen molar-refractivity contribution in [3.05, 3.63) is 70.6 Å². The number of carbonyl (C=O) groups excluding carboxylic acids is 1. The first kappa shape index (κ1) is 15.3. The third-order valence-electron chi connectivity index (χ3n) is 3.89. The van der Waals surface area contributed by atoms with Gasteiger partial charge in [-0.1, -0.05) is 37.6 Å². The number of amides is 1. The number of fused-ring (bicyclic) bond motifs is 1. The first-order chi connectivity index (χ1) is 11.0. The van der Waals surface area contributed by atoms with E-state index in [-0.39, 0.29) is 5.91 Å². The van der Waals surface area contributed by atoms with Crippen LogP contribution in [0.4, 0.5) is 5.69 Å². The predicted molar refractivity (Wildman–Crippen MR) is 93.4 cm³/mol. The third kappa shape index (κ3) is 3.45. The lowest BCUT2D eigenvalue weighted by Crippen LogP contribution is -2.21. The van der Waals surface area contributed by atoms with Crippen molar-refractivity contribution in [2.75, 3.05) is 11.9 Å². The molecule has 3 rings (SSSR count). The smallest absolute Gasteiger partial charge is 0.255 e. The Labute approximate surface area is 137 Å². The number of aryl methyl sites for hydroxylation is 1. The summed E-state index contributed by atoms with van der Waals surface area (Å²) >= 11 is 0. The second-order valence-electron chi connectivity index (χ2n) is 6.03. The van der Waals surface area contributed by atoms with Crippen LogP contribution < -0.4 is 10.1 Å². The Balaban J connectivity index is 1.76. The molecule has 1 aliphatic rings. The van der Waals surface area contributed by atoms with Gasteiger partial charge in [0.2, 0.25) is 0 Å². The molecule has 0 fully saturated rings. The highest BCUT2D eigenvalue weighted by molar-refractivity contribution is 6.07. The van der Waals surface area contributed by atoms with E-state index in [1.807, 2.05) is 55.5 Å². The number of benzene rings is 2. The monoisotopic (exact) mass is 306 g/mol. The molecule has 1 aliphatic heterocycles. The quantitative estimate of drug-likeness (QED) is 0.914. The molecule has 3 nitrogen and oxygen atoms in total. The van der Waals surface area contributed by atoms with Gasteiger partial charge >= 0.3 is 0 Å². The molecule has 23 heavy (non-hydrogen) atoms. The fourth-order valence-electron chi connectivity index (χ4n) is 2.53. The number of rotatable bonds is 3. The zero-order valence-corrected chi connectivity index (χ0v) is 13.6. The molecular weight excluding hydrogens is 286 g/mol. The molecule has 0 aliphatic carbocycles. The summed E-state index contributed by atoms with van der Waals surface area (Å²) in [5.41, 5.74) is 4.69. The van der Waals surface area contributed by atoms with E-state index in [1.54, 1.807) is 0 Å². The van der Waals surface area contributed by atoms with Crippen molar-refractivity contribution in [2.24, 2.45) is 0 Å². The van der Waals surface area contributed by atoms with Crippen LogP contribution in [0.3, 0.4) is 0 Å². The number of anilines is 1. The molecule has 0 spiro atoms. The van der Waals surface area contributed by atoms with Gasteiger partial charge in [0.25, 0.3) is 5.91 Å². The molecule has 117 valence electrons. The largest absolute Gasteiger partial charge is 0.488 e. The molecule has 0 saturated carbocycles. The van der Waals surface area contributed by atoms with Crippen LogP contribution in [-0.4, -0.2) is 12.5 Å². The van der Waals surface area contributed by atoms with E-state index in [0.29, 0.717) is 12.2 Å². The highest BCUT2D eigenvalue weighted by Crippen LogP contribution is 2.27. The van der Waals surface area contributed by atoms with E-state index >= 15 is 0 Å². The van der Waals surface area contributed by atoms with Crippen LogP contribution in [0.2, 0.25) is 0 Å². The summed E-state index contributed by atoms with van der Waals surface area (Å²) in [5, 5.41) is 2.93. The Morgan fingerprint density at radius 1 is 1.09 bits per heavy atom. The maximum absolute atomic E-state index is 12.4. The van der Waals surface area contributed by atoms with E-state index in [0.717, 1.165) is 22.6 Å². The van der Waals surface area contributed by atoms with Gasteiger partial charge in [0.1, 0.15) is 12.4 Å². The van der Waals surface area contributed by atoms with Crippen molar-refractivity contribution in [2.45, 2.75) is 20.8 Å². The summed E-state index contributed by atoms with van der Waals surface area (Å²) in [6.07, 6.45) is 1.90. The highest BCUT2D eigenvalue weighted by atomic mass is 16.5. The van der Waals surface area contributed by atoms with Gasteiger partial charge in [0.15, 0.2) is 0 Å². The van der Waals surface area contributed by atoms with Crippen LogP contribution in [0.5, 0.6) is 5.75 Å². The molecule has 3 heteroatoms. The number of ether oxygens (including phenoxy) is 1. The van der Waals surface area contributed by atoms with Gasteiger partial charge in [-0.25, -0.2) is 0 Å². The van der Waals surface area contributed by atoms with E-state index in [1.165, 1.54) is 11.5 Å². The van der Waals surface area contributed by atoms with E-state index < -0.39 is 0 Å². The number of nitrogens with one attached hydrogen (secondary N) is 1. The number of hydrogen-bond donors (Lipinski definition) is 1. The Hall–Kier alpha value is -2.55. The van der Waals surface area contributed by atoms with Gasteiger partial charge in [0, 0.05) is 11.3 Å². The average molecular weight is 306 g/mol. The molecule has 1 heterocycles. The average Bonchev–Trinajstić information content (AvgIpc) is 2.54. The minimum absolute atomic E-state index is 0.123. The fourth-order valence-corrected chi connectivity index (χ4v) is 2.53. The van der Waals surface area contributed by atoms with Gasteiger partial charge in [-0.3, -0.25) is 4.79 Å². The second-order valence-corrected chi connectivity index (χ2v) is 6.03. The molecule has 0 aromatic heterocycles. The highest BCUT2D eigenvalue weighted by Gasteiger charge is 2.17. The molecule has 0 bridgehead atoms. The third-order valence-corrected chi connectivity index (χ3v) is 3.89. The molecule has 1 radical (unpaired) electrons. The Kier molecular flexibility index (Phi) is 4.20. The van der Waals surface area contributed by atoms with Gasteiger partial charge in [-0.05, 0) is 48.7 Å². The normalized spacial score (nSPS) is 13.1. The Bertz CT molecular complexity index is 758. The lowest BCUT2D eigenvalue weighted by Gasteiger charge is -2.18. The summed E-state index contributed by atoms with van der Waals surface area (Å²) in [6.45, 7) is 6.45. The first-order valence-electron chi connectivity index (χ1n) is 7.69. The summed E-state index contributed by atoms with van der Waals surface area (Å²) in [6, 6.07) is 13.8. The lowest BCUT2D eigenvalue weighted by molar-refractivity contribution is -0.113. The zero-order valence-electron chi connectivity index (χ0n) is 13.6. The van der Waals surface area contributed by atoms with Gasteiger partial charge in [-0.2, -0.15) is 0 Å². The molecular formula is C20H20NO2. The van der Waals surface area contributed by atoms with Crippen LogP contribution in [-0.2, 0) is 4.79 Å². The number of carbonyl (C=O) groups is 1. The van der Waals surface area contributed by atoms with E-state index in [2.05, 4.69) is 19.2 Å². The summed E-state index contributed by atoms with van der Waals surface area (Å²) in [4.78, 5) is 12.4. The SMILES string of the molecule is C[C](C)c1ccc(NC(=O)C2=Cc3cc(C)ccc3OC2)cc1. The number of hydrogen-bond acceptors (Lipinski definition) is 2. The maximum atomic E-state index is 12.4. The van der Waals surface area contributed by atoms with Gasteiger partial charge in [0.05, 0.1) is 5.57 Å². The topological polar surface area (TPSA) is 38.3 Å². The van der Waals surface area contributed by atoms with Gasteiger partial charge in [-0.15, -0.1) is 0 Å². The van der Waals surface area contributed by atoms with Crippen molar-refractivity contribution >= 4 is 17.7 Å². The van der Waals surface area contributed by atoms with Crippen LogP contribution in [0.1, 0.15) is 30.5 Å². The minimum Gasteiger partial charge on any atom is -0.488 e. The Morgan fingerprint density at radius 2 is 1.83 bits per heavy atom. The van der Waals surface area contributed by atoms with E-state index in [9.17, 15) is 4.79 Å². The Morgan fingerprint density at radius 3 is 2.52 bits per heavy atom. The van der Waals surface area contributed by atoms with Crippen molar-refractivity contribution in [3.8, 4) is 5.75 Å². The van der Waals surface area contributed by atoms with Crippen LogP contribution >= 0.6 is 0 Å². The van der Waals surface area contributed by atoms with Crippen LogP contribution in [0.15, 0.2) is 48.0 Å². The van der Waals surface area contributed by atoms with Crippen LogP contribution in [0.25, 0.3) is 6.08 Å². The summed E-state index contributed by atoms with van der Waals surface area (Å²) in [5.74, 6) is 1.95. The molecule has 1 N–H and O–H groups in total. The predicted octanol–water partition coefficient (Wildman–Crippen LogP) is 4.37. The van der Waals surface area contributed by atoms with Crippen LogP contribution in [0, 0.1) is 12.8 Å². The second kappa shape index (κ2) is 6.29. The molecule has 1 amide bonds. The summed E-state index contributed by atoms with van der Waals surface area (Å²) in [7, 11) is 0. The maximum Gasteiger partial charge on any atom is 0.255 e. The van der Waals surface area contributed by atoms with Crippen molar-refractivity contribution in [3.63, 3.8) is 0 Å². The fraction of sp³-hybridized carbons (Fsp3) is 0.200. The molecule has 2 aromatic carbocycles. The van der Waals surface area contributed by atoms with E-state index in [4.69, 9.17) is 4.74 Å². The zero-order chi connectivity index (χ0) is 16.4. The van der Waals surface area contributed by atoms with Crippen molar-refractivity contribution in [1.82, 2.24) is 0 Å². The van der Waals surface area contributed by atoms with Crippen molar-refractivity contribution in [1.29, 1.82) is 0 Å². The lowest BCUT2D eigenvalue weighted by atomic mass is 10.0. The molecule has 0 saturated heterocycles. The first-order valence-corrected chi connectivity index (χ1v) is 7.69.